The summed E-state index contributed by atoms with van der Waals surface area (Å²) in [6.45, 7) is 6.83. The molecule has 0 aromatic carbocycles. The highest BCUT2D eigenvalue weighted by atomic mass is 32.1. The number of morpholine rings is 1. The summed E-state index contributed by atoms with van der Waals surface area (Å²) >= 11 is 3.57. The minimum absolute atomic E-state index is 0.850. The average molecular weight is 280 g/mol. The van der Waals surface area contributed by atoms with Gasteiger partial charge in [-0.15, -0.1) is 22.7 Å². The average Bonchev–Trinajstić information content (AvgIpc) is 2.99. The van der Waals surface area contributed by atoms with Crippen molar-refractivity contribution in [3.63, 3.8) is 0 Å². The molecule has 2 aromatic heterocycles. The Bertz CT molecular complexity index is 515. The Morgan fingerprint density at radius 2 is 2.17 bits per heavy atom. The van der Waals surface area contributed by atoms with E-state index in [0.717, 1.165) is 38.5 Å². The lowest BCUT2D eigenvalue weighted by atomic mass is 10.4. The van der Waals surface area contributed by atoms with Crippen LogP contribution in [0.2, 0.25) is 0 Å². The summed E-state index contributed by atoms with van der Waals surface area (Å²) in [5, 5.41) is 3.37. The highest BCUT2D eigenvalue weighted by molar-refractivity contribution is 7.16. The molecular formula is C13H16N2OS2. The Balaban J connectivity index is 1.69. The van der Waals surface area contributed by atoms with E-state index in [0.29, 0.717) is 0 Å². The van der Waals surface area contributed by atoms with Crippen molar-refractivity contribution in [1.82, 2.24) is 9.88 Å². The molecule has 0 spiro atoms. The van der Waals surface area contributed by atoms with Crippen LogP contribution in [-0.4, -0.2) is 36.2 Å². The Labute approximate surface area is 115 Å². The van der Waals surface area contributed by atoms with E-state index < -0.39 is 0 Å². The number of nitrogens with zero attached hydrogens (tertiary/aromatic N) is 2. The van der Waals surface area contributed by atoms with Gasteiger partial charge < -0.3 is 4.74 Å². The first-order valence-corrected chi connectivity index (χ1v) is 7.82. The van der Waals surface area contributed by atoms with Crippen LogP contribution >= 0.6 is 22.7 Å². The Morgan fingerprint density at radius 1 is 1.33 bits per heavy atom. The summed E-state index contributed by atoms with van der Waals surface area (Å²) in [6, 6.07) is 4.31. The van der Waals surface area contributed by atoms with E-state index in [9.17, 15) is 0 Å². The number of rotatable bonds is 3. The number of thiazole rings is 1. The zero-order valence-electron chi connectivity index (χ0n) is 10.4. The van der Waals surface area contributed by atoms with E-state index >= 15 is 0 Å². The van der Waals surface area contributed by atoms with Crippen molar-refractivity contribution >= 4 is 22.7 Å². The van der Waals surface area contributed by atoms with Crippen molar-refractivity contribution in [3.05, 3.63) is 27.4 Å². The fourth-order valence-electron chi connectivity index (χ4n) is 2.02. The molecule has 1 fully saturated rings. The van der Waals surface area contributed by atoms with Crippen molar-refractivity contribution in [2.24, 2.45) is 0 Å². The molecule has 3 rings (SSSR count). The standard InChI is InChI=1S/C13H16N2OS2/c1-10-2-3-12(18-10)11-9-17-13(14-11)8-15-4-6-16-7-5-15/h2-3,9H,4-8H2,1H3. The van der Waals surface area contributed by atoms with Gasteiger partial charge in [-0.1, -0.05) is 0 Å². The van der Waals surface area contributed by atoms with Gasteiger partial charge in [-0.3, -0.25) is 4.90 Å². The van der Waals surface area contributed by atoms with Crippen LogP contribution in [0.15, 0.2) is 17.5 Å². The number of aromatic nitrogens is 1. The third-order valence-corrected chi connectivity index (χ3v) is 4.86. The molecule has 0 N–H and O–H groups in total. The van der Waals surface area contributed by atoms with Crippen molar-refractivity contribution in [1.29, 1.82) is 0 Å². The lowest BCUT2D eigenvalue weighted by molar-refractivity contribution is 0.0342. The smallest absolute Gasteiger partial charge is 0.107 e. The summed E-state index contributed by atoms with van der Waals surface area (Å²) in [4.78, 5) is 9.76. The summed E-state index contributed by atoms with van der Waals surface area (Å²) < 4.78 is 5.36. The first kappa shape index (κ1) is 12.3. The molecule has 0 radical (unpaired) electrons. The molecule has 1 saturated heterocycles. The maximum Gasteiger partial charge on any atom is 0.107 e. The van der Waals surface area contributed by atoms with Gasteiger partial charge in [0.25, 0.3) is 0 Å². The summed E-state index contributed by atoms with van der Waals surface area (Å²) in [7, 11) is 0. The quantitative estimate of drug-likeness (QED) is 0.864. The zero-order valence-corrected chi connectivity index (χ0v) is 12.0. The van der Waals surface area contributed by atoms with Gasteiger partial charge in [0.15, 0.2) is 0 Å². The van der Waals surface area contributed by atoms with Gasteiger partial charge in [0.1, 0.15) is 5.01 Å². The van der Waals surface area contributed by atoms with Crippen molar-refractivity contribution in [2.45, 2.75) is 13.5 Å². The molecule has 2 aromatic rings. The number of hydrogen-bond donors (Lipinski definition) is 0. The first-order valence-electron chi connectivity index (χ1n) is 6.12. The molecule has 0 aliphatic carbocycles. The highest BCUT2D eigenvalue weighted by Gasteiger charge is 2.13. The minimum Gasteiger partial charge on any atom is -0.379 e. The fourth-order valence-corrected chi connectivity index (χ4v) is 3.76. The van der Waals surface area contributed by atoms with Gasteiger partial charge in [0.05, 0.1) is 30.3 Å². The molecule has 0 amide bonds. The predicted octanol–water partition coefficient (Wildman–Crippen LogP) is 3.01. The Morgan fingerprint density at radius 3 is 2.89 bits per heavy atom. The minimum atomic E-state index is 0.850. The van der Waals surface area contributed by atoms with Gasteiger partial charge in [0.2, 0.25) is 0 Å². The number of ether oxygens (including phenoxy) is 1. The van der Waals surface area contributed by atoms with E-state index in [1.54, 1.807) is 11.3 Å². The van der Waals surface area contributed by atoms with Gasteiger partial charge in [-0.05, 0) is 19.1 Å². The van der Waals surface area contributed by atoms with Crippen LogP contribution in [0.5, 0.6) is 0 Å². The van der Waals surface area contributed by atoms with Crippen LogP contribution in [0.4, 0.5) is 0 Å². The van der Waals surface area contributed by atoms with Crippen molar-refractivity contribution in [3.8, 4) is 10.6 Å². The molecule has 18 heavy (non-hydrogen) atoms. The lowest BCUT2D eigenvalue weighted by Gasteiger charge is -2.25. The number of hydrogen-bond acceptors (Lipinski definition) is 5. The van der Waals surface area contributed by atoms with Crippen LogP contribution in [0, 0.1) is 6.92 Å². The third-order valence-electron chi connectivity index (χ3n) is 3.01. The normalized spacial score (nSPS) is 17.2. The van der Waals surface area contributed by atoms with E-state index in [4.69, 9.17) is 9.72 Å². The molecule has 0 bridgehead atoms. The van der Waals surface area contributed by atoms with E-state index in [1.807, 2.05) is 11.3 Å². The van der Waals surface area contributed by atoms with E-state index in [-0.39, 0.29) is 0 Å². The molecule has 1 aliphatic heterocycles. The van der Waals surface area contributed by atoms with Gasteiger partial charge in [0, 0.05) is 23.3 Å². The van der Waals surface area contributed by atoms with Crippen LogP contribution in [0.1, 0.15) is 9.88 Å². The zero-order chi connectivity index (χ0) is 12.4. The number of aryl methyl sites for hydroxylation is 1. The van der Waals surface area contributed by atoms with Crippen LogP contribution < -0.4 is 0 Å². The SMILES string of the molecule is Cc1ccc(-c2csc(CN3CCOCC3)n2)s1. The van der Waals surface area contributed by atoms with Gasteiger partial charge >= 0.3 is 0 Å². The van der Waals surface area contributed by atoms with Crippen molar-refractivity contribution in [2.75, 3.05) is 26.3 Å². The van der Waals surface area contributed by atoms with Gasteiger partial charge in [-0.25, -0.2) is 4.98 Å². The highest BCUT2D eigenvalue weighted by Crippen LogP contribution is 2.29. The molecule has 5 heteroatoms. The monoisotopic (exact) mass is 280 g/mol. The summed E-state index contributed by atoms with van der Waals surface area (Å²) in [6.07, 6.45) is 0. The van der Waals surface area contributed by atoms with E-state index in [1.165, 1.54) is 14.8 Å². The maximum atomic E-state index is 5.36. The predicted molar refractivity (Wildman–Crippen MR) is 76.3 cm³/mol. The second-order valence-corrected chi connectivity index (χ2v) is 6.66. The molecule has 96 valence electrons. The van der Waals surface area contributed by atoms with Crippen LogP contribution in [0.25, 0.3) is 10.6 Å². The Kier molecular flexibility index (Phi) is 3.75. The Hall–Kier alpha value is -0.750. The molecular weight excluding hydrogens is 264 g/mol. The summed E-state index contributed by atoms with van der Waals surface area (Å²) in [5.41, 5.74) is 1.13. The first-order chi connectivity index (χ1) is 8.81. The topological polar surface area (TPSA) is 25.4 Å². The van der Waals surface area contributed by atoms with Crippen molar-refractivity contribution < 1.29 is 4.74 Å². The lowest BCUT2D eigenvalue weighted by Crippen LogP contribution is -2.35. The largest absolute Gasteiger partial charge is 0.379 e. The van der Waals surface area contributed by atoms with Gasteiger partial charge in [-0.2, -0.15) is 0 Å². The maximum absolute atomic E-state index is 5.36. The molecule has 1 aliphatic rings. The molecule has 0 unspecified atom stereocenters. The van der Waals surface area contributed by atoms with E-state index in [2.05, 4.69) is 29.3 Å². The number of thiophene rings is 1. The summed E-state index contributed by atoms with van der Waals surface area (Å²) in [5.74, 6) is 0. The fraction of sp³-hybridized carbons (Fsp3) is 0.462. The second kappa shape index (κ2) is 5.48. The molecule has 0 atom stereocenters. The molecule has 0 saturated carbocycles. The van der Waals surface area contributed by atoms with Crippen LogP contribution in [0.3, 0.4) is 0 Å². The second-order valence-electron chi connectivity index (χ2n) is 4.43. The molecule has 3 heterocycles. The van der Waals surface area contributed by atoms with Crippen LogP contribution in [-0.2, 0) is 11.3 Å². The molecule has 3 nitrogen and oxygen atoms in total. The third kappa shape index (κ3) is 2.80.